The number of hydrogen-bond donors (Lipinski definition) is 3. The predicted molar refractivity (Wildman–Crippen MR) is 185 cm³/mol. The van der Waals surface area contributed by atoms with Gasteiger partial charge in [0.05, 0.1) is 35.0 Å². The SMILES string of the molecule is CCOC1Nc2cccc(C(=O)OC)c2N1Cc1ccc(-c2ccccc2S(=O)(=O)NC2=C(C)C(C)NO2)c(CN2CCC(C)(C)C2=O)c1. The van der Waals surface area contributed by atoms with Gasteiger partial charge >= 0.3 is 5.97 Å². The van der Waals surface area contributed by atoms with E-state index in [2.05, 4.69) is 15.5 Å². The van der Waals surface area contributed by atoms with Gasteiger partial charge in [0.25, 0.3) is 10.0 Å². The highest BCUT2D eigenvalue weighted by Gasteiger charge is 2.39. The minimum atomic E-state index is -4.07. The molecule has 3 aromatic rings. The Morgan fingerprint density at radius 2 is 1.86 bits per heavy atom. The van der Waals surface area contributed by atoms with Crippen molar-refractivity contribution in [3.8, 4) is 11.1 Å². The summed E-state index contributed by atoms with van der Waals surface area (Å²) in [6, 6.07) is 17.9. The maximum absolute atomic E-state index is 13.9. The van der Waals surface area contributed by atoms with E-state index in [9.17, 15) is 18.0 Å². The number of methoxy groups -OCH3 is 1. The van der Waals surface area contributed by atoms with Gasteiger partial charge in [-0.3, -0.25) is 4.79 Å². The molecule has 13 heteroatoms. The Balaban J connectivity index is 1.42. The van der Waals surface area contributed by atoms with Gasteiger partial charge in [-0.25, -0.2) is 17.9 Å². The average molecular weight is 690 g/mol. The van der Waals surface area contributed by atoms with E-state index in [1.807, 2.05) is 61.8 Å². The Labute approximate surface area is 287 Å². The number of benzene rings is 3. The monoisotopic (exact) mass is 689 g/mol. The van der Waals surface area contributed by atoms with Crippen LogP contribution >= 0.6 is 0 Å². The number of anilines is 2. The summed E-state index contributed by atoms with van der Waals surface area (Å²) in [4.78, 5) is 35.5. The maximum atomic E-state index is 13.9. The fourth-order valence-corrected chi connectivity index (χ4v) is 7.76. The second-order valence-electron chi connectivity index (χ2n) is 13.2. The van der Waals surface area contributed by atoms with Crippen molar-refractivity contribution < 1.29 is 32.3 Å². The summed E-state index contributed by atoms with van der Waals surface area (Å²) in [6.45, 7) is 11.1. The number of carbonyl (C=O) groups is 2. The zero-order valence-electron chi connectivity index (χ0n) is 28.6. The number of nitrogens with zero attached hydrogens (tertiary/aromatic N) is 2. The number of nitrogens with one attached hydrogen (secondary N) is 3. The van der Waals surface area contributed by atoms with Crippen LogP contribution in [0, 0.1) is 5.41 Å². The lowest BCUT2D eigenvalue weighted by atomic mass is 9.92. The van der Waals surface area contributed by atoms with E-state index in [0.29, 0.717) is 48.6 Å². The number of carbonyl (C=O) groups excluding carboxylic acids is 2. The molecule has 3 N–H and O–H groups in total. The van der Waals surface area contributed by atoms with Crippen LogP contribution in [0.25, 0.3) is 11.1 Å². The third-order valence-electron chi connectivity index (χ3n) is 9.41. The Hall–Kier alpha value is -4.59. The highest BCUT2D eigenvalue weighted by atomic mass is 32.2. The van der Waals surface area contributed by atoms with E-state index in [0.717, 1.165) is 28.8 Å². The largest absolute Gasteiger partial charge is 0.465 e. The summed E-state index contributed by atoms with van der Waals surface area (Å²) in [5.74, 6) is -0.263. The molecule has 3 aliphatic heterocycles. The summed E-state index contributed by atoms with van der Waals surface area (Å²) in [6.07, 6.45) is 0.179. The predicted octanol–water partition coefficient (Wildman–Crippen LogP) is 5.08. The first kappa shape index (κ1) is 34.3. The van der Waals surface area contributed by atoms with Crippen molar-refractivity contribution in [2.45, 2.75) is 71.4 Å². The second kappa shape index (κ2) is 13.4. The molecule has 3 aliphatic rings. The first-order valence-corrected chi connectivity index (χ1v) is 17.9. The quantitative estimate of drug-likeness (QED) is 0.234. The van der Waals surface area contributed by atoms with Gasteiger partial charge in [0.1, 0.15) is 0 Å². The number of likely N-dealkylation sites (tertiary alicyclic amines) is 1. The first-order valence-electron chi connectivity index (χ1n) is 16.4. The van der Waals surface area contributed by atoms with Gasteiger partial charge in [-0.05, 0) is 62.1 Å². The van der Waals surface area contributed by atoms with Gasteiger partial charge in [-0.2, -0.15) is 0 Å². The molecule has 2 unspecified atom stereocenters. The molecule has 3 aromatic carbocycles. The van der Waals surface area contributed by atoms with Crippen molar-refractivity contribution >= 4 is 33.3 Å². The molecule has 3 heterocycles. The fraction of sp³-hybridized carbons (Fsp3) is 0.389. The van der Waals surface area contributed by atoms with E-state index in [1.165, 1.54) is 7.11 Å². The van der Waals surface area contributed by atoms with Crippen molar-refractivity contribution in [1.29, 1.82) is 0 Å². The zero-order chi connectivity index (χ0) is 35.1. The Morgan fingerprint density at radius 3 is 2.53 bits per heavy atom. The topological polar surface area (TPSA) is 139 Å². The molecule has 6 rings (SSSR count). The third kappa shape index (κ3) is 6.57. The third-order valence-corrected chi connectivity index (χ3v) is 10.8. The van der Waals surface area contributed by atoms with Crippen LogP contribution in [0.5, 0.6) is 0 Å². The fourth-order valence-electron chi connectivity index (χ4n) is 6.48. The molecule has 0 saturated carbocycles. The summed E-state index contributed by atoms with van der Waals surface area (Å²) in [5.41, 5.74) is 7.70. The van der Waals surface area contributed by atoms with Crippen molar-refractivity contribution in [3.05, 3.63) is 88.8 Å². The minimum absolute atomic E-state index is 0.0469. The Morgan fingerprint density at radius 1 is 1.08 bits per heavy atom. The number of esters is 1. The summed E-state index contributed by atoms with van der Waals surface area (Å²) in [5, 5.41) is 3.36. The number of para-hydroxylation sites is 1. The van der Waals surface area contributed by atoms with Crippen molar-refractivity contribution in [1.82, 2.24) is 15.1 Å². The minimum Gasteiger partial charge on any atom is -0.465 e. The molecule has 12 nitrogen and oxygen atoms in total. The van der Waals surface area contributed by atoms with Gasteiger partial charge < -0.3 is 29.4 Å². The summed E-state index contributed by atoms with van der Waals surface area (Å²) >= 11 is 0. The second-order valence-corrected chi connectivity index (χ2v) is 14.8. The van der Waals surface area contributed by atoms with Crippen LogP contribution in [0.3, 0.4) is 0 Å². The highest BCUT2D eigenvalue weighted by molar-refractivity contribution is 7.89. The molecule has 0 spiro atoms. The number of hydrogen-bond acceptors (Lipinski definition) is 10. The zero-order valence-corrected chi connectivity index (χ0v) is 29.4. The van der Waals surface area contributed by atoms with Gasteiger partial charge in [-0.1, -0.05) is 56.3 Å². The number of fused-ring (bicyclic) bond motifs is 1. The van der Waals surface area contributed by atoms with Crippen LogP contribution < -0.4 is 20.4 Å². The van der Waals surface area contributed by atoms with E-state index in [1.54, 1.807) is 43.3 Å². The summed E-state index contributed by atoms with van der Waals surface area (Å²) < 4.78 is 41.5. The Kier molecular flexibility index (Phi) is 9.36. The van der Waals surface area contributed by atoms with E-state index >= 15 is 0 Å². The first-order chi connectivity index (χ1) is 23.3. The average Bonchev–Trinajstić information content (AvgIpc) is 3.68. The number of rotatable bonds is 11. The number of sulfonamides is 1. The molecule has 0 aliphatic carbocycles. The molecule has 260 valence electrons. The molecule has 0 radical (unpaired) electrons. The molecule has 2 atom stereocenters. The van der Waals surface area contributed by atoms with Crippen LogP contribution in [-0.2, 0) is 42.2 Å². The van der Waals surface area contributed by atoms with Crippen LogP contribution in [0.2, 0.25) is 0 Å². The van der Waals surface area contributed by atoms with Crippen LogP contribution in [0.1, 0.15) is 62.5 Å². The smallest absolute Gasteiger partial charge is 0.340 e. The lowest BCUT2D eigenvalue weighted by Crippen LogP contribution is -2.38. The van der Waals surface area contributed by atoms with Crippen LogP contribution in [0.4, 0.5) is 11.4 Å². The van der Waals surface area contributed by atoms with Crippen molar-refractivity contribution in [2.24, 2.45) is 5.41 Å². The van der Waals surface area contributed by atoms with Crippen molar-refractivity contribution in [3.63, 3.8) is 0 Å². The normalized spacial score (nSPS) is 19.9. The molecule has 1 saturated heterocycles. The molecule has 0 bridgehead atoms. The van der Waals surface area contributed by atoms with E-state index < -0.39 is 27.8 Å². The Bertz CT molecular complexity index is 1930. The highest BCUT2D eigenvalue weighted by Crippen LogP contribution is 2.41. The number of amides is 1. The molecule has 1 amide bonds. The molecular weight excluding hydrogens is 646 g/mol. The standard InChI is InChI=1S/C36H43N5O7S/c1-7-47-35-37-29-13-10-12-28(33(42)46-6)31(29)41(35)20-24-15-16-26(25(19-24)21-40-18-17-36(4,5)34(40)43)27-11-8-9-14-30(27)49(44,45)39-32-22(2)23(3)38-48-32/h8-16,19,23,35,37-39H,7,17-18,20-21H2,1-6H3. The van der Waals surface area contributed by atoms with Crippen LogP contribution in [-0.4, -0.2) is 57.8 Å². The van der Waals surface area contributed by atoms with Gasteiger partial charge in [-0.15, -0.1) is 5.48 Å². The lowest BCUT2D eigenvalue weighted by molar-refractivity contribution is -0.135. The molecular formula is C36H43N5O7S. The molecule has 1 fully saturated rings. The van der Waals surface area contributed by atoms with E-state index in [4.69, 9.17) is 14.3 Å². The molecule has 49 heavy (non-hydrogen) atoms. The molecule has 0 aromatic heterocycles. The van der Waals surface area contributed by atoms with Gasteiger partial charge in [0.2, 0.25) is 18.1 Å². The van der Waals surface area contributed by atoms with E-state index in [-0.39, 0.29) is 22.7 Å². The summed E-state index contributed by atoms with van der Waals surface area (Å²) in [7, 11) is -2.72. The van der Waals surface area contributed by atoms with Crippen molar-refractivity contribution in [2.75, 3.05) is 30.5 Å². The number of ether oxygens (including phenoxy) is 2. The van der Waals surface area contributed by atoms with Crippen LogP contribution in [0.15, 0.2) is 77.0 Å². The lowest BCUT2D eigenvalue weighted by Gasteiger charge is -2.28. The van der Waals surface area contributed by atoms with Gasteiger partial charge in [0, 0.05) is 42.8 Å². The van der Waals surface area contributed by atoms with Gasteiger partial charge in [0.15, 0.2) is 0 Å². The maximum Gasteiger partial charge on any atom is 0.340 e. The number of hydroxylamine groups is 1.